The molecule has 0 spiro atoms. The van der Waals surface area contributed by atoms with E-state index >= 15 is 0 Å². The summed E-state index contributed by atoms with van der Waals surface area (Å²) < 4.78 is 18.5. The van der Waals surface area contributed by atoms with Gasteiger partial charge < -0.3 is 14.6 Å². The van der Waals surface area contributed by atoms with Gasteiger partial charge in [0.1, 0.15) is 12.4 Å². The van der Waals surface area contributed by atoms with Crippen LogP contribution in [0.2, 0.25) is 0 Å². The number of aromatic carboxylic acids is 1. The minimum absolute atomic E-state index is 0.0117. The second kappa shape index (κ2) is 13.5. The number of aryl methyl sites for hydroxylation is 1. The van der Waals surface area contributed by atoms with Crippen molar-refractivity contribution in [2.75, 3.05) is 10.8 Å². The molecule has 0 aliphatic rings. The predicted octanol–water partition coefficient (Wildman–Crippen LogP) is 5.58. The fourth-order valence-electron chi connectivity index (χ4n) is 3.76. The molecule has 0 saturated carbocycles. The van der Waals surface area contributed by atoms with Crippen molar-refractivity contribution in [1.82, 2.24) is 0 Å². The molecule has 0 aliphatic carbocycles. The Labute approximate surface area is 232 Å². The van der Waals surface area contributed by atoms with Crippen LogP contribution in [0.15, 0.2) is 95.9 Å². The third kappa shape index (κ3) is 7.52. The minimum atomic E-state index is -1.92. The maximum atomic E-state index is 12.9. The summed E-state index contributed by atoms with van der Waals surface area (Å²) >= 11 is -1.92. The first-order valence-electron chi connectivity index (χ1n) is 12.0. The number of benzene rings is 4. The van der Waals surface area contributed by atoms with Crippen LogP contribution in [0.5, 0.6) is 5.75 Å². The Morgan fingerprint density at radius 2 is 1.55 bits per heavy atom. The first-order chi connectivity index (χ1) is 19.3. The van der Waals surface area contributed by atoms with Gasteiger partial charge in [0.05, 0.1) is 28.3 Å². The number of carboxylic acid groups (broad SMARTS) is 1. The number of carbonyl (C=O) groups is 2. The third-order valence-electron chi connectivity index (χ3n) is 5.70. The van der Waals surface area contributed by atoms with E-state index in [1.54, 1.807) is 55.5 Å². The maximum Gasteiger partial charge on any atom is 0.336 e. The van der Waals surface area contributed by atoms with E-state index in [0.717, 1.165) is 11.1 Å². The summed E-state index contributed by atoms with van der Waals surface area (Å²) in [6, 6.07) is 24.8. The van der Waals surface area contributed by atoms with Crippen LogP contribution in [-0.2, 0) is 34.0 Å². The summed E-state index contributed by atoms with van der Waals surface area (Å²) in [5.41, 5.74) is 5.91. The summed E-state index contributed by atoms with van der Waals surface area (Å²) in [5.74, 6) is -1.51. The van der Waals surface area contributed by atoms with Crippen molar-refractivity contribution in [3.05, 3.63) is 119 Å². The smallest absolute Gasteiger partial charge is 0.336 e. The molecular formula is C29H26N2O8S. The number of nitrogens with one attached hydrogen (secondary N) is 2. The molecule has 0 radical (unpaired) electrons. The van der Waals surface area contributed by atoms with Crippen LogP contribution in [0.25, 0.3) is 0 Å². The zero-order valence-electron chi connectivity index (χ0n) is 21.3. The Morgan fingerprint density at radius 3 is 2.30 bits per heavy atom. The first-order valence-corrected chi connectivity index (χ1v) is 13.1. The topological polar surface area (TPSA) is 143 Å². The Balaban J connectivity index is 1.38. The van der Waals surface area contributed by atoms with Crippen molar-refractivity contribution in [3.8, 4) is 5.75 Å². The number of carbonyl (C=O) groups excluding carboxylic acids is 1. The lowest BCUT2D eigenvalue weighted by atomic mass is 10.0. The summed E-state index contributed by atoms with van der Waals surface area (Å²) in [7, 11) is 0. The molecule has 1 amide bonds. The van der Waals surface area contributed by atoms with Crippen molar-refractivity contribution in [2.45, 2.75) is 25.0 Å². The van der Waals surface area contributed by atoms with E-state index in [1.165, 1.54) is 18.2 Å². The van der Waals surface area contributed by atoms with Gasteiger partial charge in [0.25, 0.3) is 5.91 Å². The van der Waals surface area contributed by atoms with Crippen LogP contribution in [0.4, 0.5) is 11.4 Å². The SMILES string of the molecule is Cc1ccc(C(=O)Nc2cccc(S(=O)Oc3cccc(NOCc4ccccc4COO)c3)c2)c(C(=O)O)c1. The lowest BCUT2D eigenvalue weighted by molar-refractivity contribution is -0.253. The van der Waals surface area contributed by atoms with Crippen LogP contribution < -0.4 is 15.0 Å². The molecule has 206 valence electrons. The van der Waals surface area contributed by atoms with Crippen LogP contribution in [-0.4, -0.2) is 26.4 Å². The van der Waals surface area contributed by atoms with E-state index < -0.39 is 23.0 Å². The highest BCUT2D eigenvalue weighted by Crippen LogP contribution is 2.23. The number of rotatable bonds is 12. The van der Waals surface area contributed by atoms with Crippen molar-refractivity contribution in [2.24, 2.45) is 0 Å². The Morgan fingerprint density at radius 1 is 0.825 bits per heavy atom. The minimum Gasteiger partial charge on any atom is -0.478 e. The fourth-order valence-corrected chi connectivity index (χ4v) is 4.55. The third-order valence-corrected chi connectivity index (χ3v) is 6.68. The average molecular weight is 563 g/mol. The predicted molar refractivity (Wildman–Crippen MR) is 148 cm³/mol. The van der Waals surface area contributed by atoms with Gasteiger partial charge in [0.15, 0.2) is 0 Å². The number of amides is 1. The van der Waals surface area contributed by atoms with Crippen molar-refractivity contribution in [3.63, 3.8) is 0 Å². The lowest BCUT2D eigenvalue weighted by Gasteiger charge is -2.12. The summed E-state index contributed by atoms with van der Waals surface area (Å²) in [6.45, 7) is 1.97. The van der Waals surface area contributed by atoms with E-state index in [1.807, 2.05) is 24.3 Å². The molecule has 40 heavy (non-hydrogen) atoms. The molecule has 4 rings (SSSR count). The number of carboxylic acids is 1. The second-order valence-electron chi connectivity index (χ2n) is 8.61. The molecule has 1 unspecified atom stereocenters. The molecule has 0 fully saturated rings. The number of anilines is 2. The lowest BCUT2D eigenvalue weighted by Crippen LogP contribution is -2.16. The maximum absolute atomic E-state index is 12.9. The fraction of sp³-hybridized carbons (Fsp3) is 0.103. The molecule has 10 nitrogen and oxygen atoms in total. The molecule has 1 atom stereocenters. The highest BCUT2D eigenvalue weighted by atomic mass is 32.2. The molecule has 0 bridgehead atoms. The number of hydrogen-bond donors (Lipinski definition) is 4. The van der Waals surface area contributed by atoms with Gasteiger partial charge in [-0.3, -0.25) is 20.4 Å². The van der Waals surface area contributed by atoms with Gasteiger partial charge in [-0.2, -0.15) is 0 Å². The molecule has 4 N–H and O–H groups in total. The zero-order chi connectivity index (χ0) is 28.5. The van der Waals surface area contributed by atoms with Gasteiger partial charge >= 0.3 is 5.97 Å². The van der Waals surface area contributed by atoms with E-state index in [4.69, 9.17) is 14.3 Å². The number of hydrogen-bond acceptors (Lipinski definition) is 8. The molecule has 4 aromatic rings. The van der Waals surface area contributed by atoms with Gasteiger partial charge in [-0.1, -0.05) is 48.0 Å². The van der Waals surface area contributed by atoms with E-state index in [2.05, 4.69) is 15.7 Å². The highest BCUT2D eigenvalue weighted by Gasteiger charge is 2.17. The highest BCUT2D eigenvalue weighted by molar-refractivity contribution is 7.80. The van der Waals surface area contributed by atoms with Gasteiger partial charge in [0, 0.05) is 11.8 Å². The zero-order valence-corrected chi connectivity index (χ0v) is 22.1. The second-order valence-corrected chi connectivity index (χ2v) is 9.72. The molecular weight excluding hydrogens is 536 g/mol. The summed E-state index contributed by atoms with van der Waals surface area (Å²) in [4.78, 5) is 34.4. The Bertz CT molecular complexity index is 1540. The Hall–Kier alpha value is -4.55. The van der Waals surface area contributed by atoms with Crippen LogP contribution >= 0.6 is 0 Å². The molecule has 0 aromatic heterocycles. The first kappa shape index (κ1) is 28.5. The van der Waals surface area contributed by atoms with Crippen LogP contribution in [0.3, 0.4) is 0 Å². The van der Waals surface area contributed by atoms with E-state index in [9.17, 15) is 18.9 Å². The van der Waals surface area contributed by atoms with E-state index in [-0.39, 0.29) is 29.2 Å². The van der Waals surface area contributed by atoms with Crippen molar-refractivity contribution >= 4 is 34.3 Å². The molecule has 11 heteroatoms. The quantitative estimate of drug-likeness (QED) is 0.128. The molecule has 0 saturated heterocycles. The van der Waals surface area contributed by atoms with Gasteiger partial charge in [-0.25, -0.2) is 13.9 Å². The molecule has 0 aliphatic heterocycles. The van der Waals surface area contributed by atoms with Gasteiger partial charge in [0.2, 0.25) is 11.1 Å². The standard InChI is InChI=1S/C29H26N2O8S/c1-19-12-13-26(27(14-19)29(33)34)28(32)30-22-8-5-11-25(16-22)40(36)39-24-10-4-9-23(15-24)31-37-17-20-6-2-3-7-21(20)18-38-35/h2-16,31,35H,17-18H2,1H3,(H,30,32)(H,33,34). The van der Waals surface area contributed by atoms with E-state index in [0.29, 0.717) is 22.7 Å². The summed E-state index contributed by atoms with van der Waals surface area (Å²) in [5, 5.41) is 20.8. The molecule has 0 heterocycles. The monoisotopic (exact) mass is 562 g/mol. The van der Waals surface area contributed by atoms with Crippen molar-refractivity contribution < 1.29 is 38.1 Å². The average Bonchev–Trinajstić information content (AvgIpc) is 2.94. The van der Waals surface area contributed by atoms with Crippen LogP contribution in [0, 0.1) is 6.92 Å². The summed E-state index contributed by atoms with van der Waals surface area (Å²) in [6.07, 6.45) is 0. The largest absolute Gasteiger partial charge is 0.478 e. The Kier molecular flexibility index (Phi) is 9.60. The van der Waals surface area contributed by atoms with Gasteiger partial charge in [-0.05, 0) is 60.5 Å². The molecule has 4 aromatic carbocycles. The van der Waals surface area contributed by atoms with Crippen molar-refractivity contribution in [1.29, 1.82) is 0 Å². The van der Waals surface area contributed by atoms with Gasteiger partial charge in [-0.15, -0.1) is 0 Å². The van der Waals surface area contributed by atoms with Crippen LogP contribution in [0.1, 0.15) is 37.4 Å². The normalized spacial score (nSPS) is 11.4.